The first-order valence-electron chi connectivity index (χ1n) is 4.09. The van der Waals surface area contributed by atoms with Crippen LogP contribution in [-0.2, 0) is 4.79 Å². The van der Waals surface area contributed by atoms with Crippen molar-refractivity contribution in [3.05, 3.63) is 18.2 Å². The lowest BCUT2D eigenvalue weighted by atomic mass is 10.2. The third-order valence-electron chi connectivity index (χ3n) is 1.80. The molecule has 0 aliphatic heterocycles. The zero-order valence-corrected chi connectivity index (χ0v) is 7.61. The van der Waals surface area contributed by atoms with Gasteiger partial charge in [0.25, 0.3) is 0 Å². The Labute approximate surface area is 76.2 Å². The summed E-state index contributed by atoms with van der Waals surface area (Å²) < 4.78 is 0. The van der Waals surface area contributed by atoms with Crippen molar-refractivity contribution in [2.45, 2.75) is 25.9 Å². The number of imidazole rings is 1. The number of hydrogen-bond acceptors (Lipinski definition) is 3. The van der Waals surface area contributed by atoms with Gasteiger partial charge in [-0.05, 0) is 13.8 Å². The Morgan fingerprint density at radius 2 is 2.38 bits per heavy atom. The number of rotatable bonds is 4. The van der Waals surface area contributed by atoms with E-state index >= 15 is 0 Å². The third kappa shape index (κ3) is 2.55. The zero-order valence-electron chi connectivity index (χ0n) is 7.61. The molecule has 13 heavy (non-hydrogen) atoms. The lowest BCUT2D eigenvalue weighted by Gasteiger charge is -2.14. The molecule has 1 rings (SSSR count). The number of H-pyrrole nitrogens is 1. The summed E-state index contributed by atoms with van der Waals surface area (Å²) >= 11 is 0. The molecule has 5 heteroatoms. The van der Waals surface area contributed by atoms with E-state index in [-0.39, 0.29) is 6.04 Å². The van der Waals surface area contributed by atoms with Gasteiger partial charge in [0, 0.05) is 12.4 Å². The van der Waals surface area contributed by atoms with Gasteiger partial charge in [-0.3, -0.25) is 10.1 Å². The predicted octanol–water partition coefficient (Wildman–Crippen LogP) is 0.533. The van der Waals surface area contributed by atoms with Crippen LogP contribution in [0, 0.1) is 0 Å². The van der Waals surface area contributed by atoms with E-state index in [1.165, 1.54) is 0 Å². The average Bonchev–Trinajstić information content (AvgIpc) is 2.55. The van der Waals surface area contributed by atoms with Crippen molar-refractivity contribution in [2.75, 3.05) is 0 Å². The average molecular weight is 183 g/mol. The molecule has 0 bridgehead atoms. The van der Waals surface area contributed by atoms with E-state index in [9.17, 15) is 4.79 Å². The number of aromatic amines is 1. The lowest BCUT2D eigenvalue weighted by molar-refractivity contribution is -0.139. The Morgan fingerprint density at radius 1 is 1.69 bits per heavy atom. The predicted molar refractivity (Wildman–Crippen MR) is 47.2 cm³/mol. The molecule has 2 unspecified atom stereocenters. The van der Waals surface area contributed by atoms with E-state index in [4.69, 9.17) is 5.11 Å². The first-order valence-corrected chi connectivity index (χ1v) is 4.09. The van der Waals surface area contributed by atoms with E-state index in [1.54, 1.807) is 19.3 Å². The minimum atomic E-state index is -0.863. The quantitative estimate of drug-likeness (QED) is 0.636. The summed E-state index contributed by atoms with van der Waals surface area (Å²) in [5.41, 5.74) is 0. The van der Waals surface area contributed by atoms with Crippen molar-refractivity contribution in [3.8, 4) is 0 Å². The monoisotopic (exact) mass is 183 g/mol. The highest BCUT2D eigenvalue weighted by atomic mass is 16.4. The topological polar surface area (TPSA) is 78.0 Å². The number of aromatic nitrogens is 2. The normalized spacial score (nSPS) is 15.2. The van der Waals surface area contributed by atoms with Crippen LogP contribution in [0.25, 0.3) is 0 Å². The second-order valence-corrected chi connectivity index (χ2v) is 2.92. The van der Waals surface area contributed by atoms with Crippen LogP contribution in [0.3, 0.4) is 0 Å². The van der Waals surface area contributed by atoms with Crippen LogP contribution in [0.1, 0.15) is 25.7 Å². The smallest absolute Gasteiger partial charge is 0.320 e. The number of aliphatic carboxylic acids is 1. The van der Waals surface area contributed by atoms with Crippen LogP contribution < -0.4 is 5.32 Å². The summed E-state index contributed by atoms with van der Waals surface area (Å²) in [5, 5.41) is 11.5. The Balaban J connectivity index is 2.51. The minimum absolute atomic E-state index is 0.0823. The highest BCUT2D eigenvalue weighted by molar-refractivity contribution is 5.72. The first kappa shape index (κ1) is 9.73. The van der Waals surface area contributed by atoms with Gasteiger partial charge in [-0.1, -0.05) is 0 Å². The van der Waals surface area contributed by atoms with Crippen molar-refractivity contribution < 1.29 is 9.90 Å². The molecule has 1 aromatic heterocycles. The van der Waals surface area contributed by atoms with Gasteiger partial charge in [-0.15, -0.1) is 0 Å². The maximum absolute atomic E-state index is 10.5. The maximum atomic E-state index is 10.5. The summed E-state index contributed by atoms with van der Waals surface area (Å²) in [4.78, 5) is 17.4. The molecule has 0 aliphatic rings. The van der Waals surface area contributed by atoms with Gasteiger partial charge in [0.2, 0.25) is 0 Å². The fraction of sp³-hybridized carbons (Fsp3) is 0.500. The zero-order chi connectivity index (χ0) is 9.84. The number of carboxylic acids is 1. The molecule has 1 heterocycles. The van der Waals surface area contributed by atoms with Crippen molar-refractivity contribution in [3.63, 3.8) is 0 Å². The number of carboxylic acid groups (broad SMARTS) is 1. The van der Waals surface area contributed by atoms with Crippen molar-refractivity contribution in [1.82, 2.24) is 15.3 Å². The number of nitrogens with zero attached hydrogens (tertiary/aromatic N) is 1. The standard InChI is InChI=1S/C8H13N3O2/c1-5(7-9-3-4-10-7)11-6(2)8(12)13/h3-6,11H,1-2H3,(H,9,10)(H,12,13). The SMILES string of the molecule is CC(NC(C)c1ncc[nH]1)C(=O)O. The molecule has 5 nitrogen and oxygen atoms in total. The summed E-state index contributed by atoms with van der Waals surface area (Å²) in [6, 6.07) is -0.652. The fourth-order valence-electron chi connectivity index (χ4n) is 1.04. The molecule has 0 saturated heterocycles. The third-order valence-corrected chi connectivity index (χ3v) is 1.80. The molecule has 72 valence electrons. The van der Waals surface area contributed by atoms with E-state index in [2.05, 4.69) is 15.3 Å². The number of nitrogens with one attached hydrogen (secondary N) is 2. The van der Waals surface area contributed by atoms with Crippen LogP contribution in [-0.4, -0.2) is 27.1 Å². The molecule has 0 aromatic carbocycles. The maximum Gasteiger partial charge on any atom is 0.320 e. The summed E-state index contributed by atoms with van der Waals surface area (Å²) in [5.74, 6) is -0.119. The van der Waals surface area contributed by atoms with E-state index in [0.717, 1.165) is 5.82 Å². The molecule has 1 aromatic rings. The minimum Gasteiger partial charge on any atom is -0.480 e. The van der Waals surface area contributed by atoms with Gasteiger partial charge in [0.05, 0.1) is 6.04 Å². The molecular formula is C8H13N3O2. The van der Waals surface area contributed by atoms with Gasteiger partial charge in [0.1, 0.15) is 11.9 Å². The van der Waals surface area contributed by atoms with Gasteiger partial charge >= 0.3 is 5.97 Å². The van der Waals surface area contributed by atoms with Crippen LogP contribution >= 0.6 is 0 Å². The lowest BCUT2D eigenvalue weighted by Crippen LogP contribution is -2.35. The van der Waals surface area contributed by atoms with Crippen LogP contribution in [0.4, 0.5) is 0 Å². The van der Waals surface area contributed by atoms with E-state index in [1.807, 2.05) is 6.92 Å². The summed E-state index contributed by atoms with van der Waals surface area (Å²) in [6.07, 6.45) is 3.35. The van der Waals surface area contributed by atoms with Crippen LogP contribution in [0.2, 0.25) is 0 Å². The number of carbonyl (C=O) groups is 1. The van der Waals surface area contributed by atoms with E-state index < -0.39 is 12.0 Å². The van der Waals surface area contributed by atoms with E-state index in [0.29, 0.717) is 0 Å². The molecule has 2 atom stereocenters. The van der Waals surface area contributed by atoms with Crippen LogP contribution in [0.5, 0.6) is 0 Å². The fourth-order valence-corrected chi connectivity index (χ4v) is 1.04. The van der Waals surface area contributed by atoms with Crippen molar-refractivity contribution in [1.29, 1.82) is 0 Å². The van der Waals surface area contributed by atoms with Crippen molar-refractivity contribution >= 4 is 5.97 Å². The Bertz CT molecular complexity index is 271. The van der Waals surface area contributed by atoms with Gasteiger partial charge in [-0.25, -0.2) is 4.98 Å². The molecule has 3 N–H and O–H groups in total. The molecule has 0 fully saturated rings. The Hall–Kier alpha value is -1.36. The Kier molecular flexibility index (Phi) is 3.02. The van der Waals surface area contributed by atoms with Crippen molar-refractivity contribution in [2.24, 2.45) is 0 Å². The molecule has 0 saturated carbocycles. The summed E-state index contributed by atoms with van der Waals surface area (Å²) in [7, 11) is 0. The molecule has 0 radical (unpaired) electrons. The molecular weight excluding hydrogens is 170 g/mol. The van der Waals surface area contributed by atoms with Gasteiger partial charge < -0.3 is 10.1 Å². The highest BCUT2D eigenvalue weighted by Crippen LogP contribution is 2.05. The van der Waals surface area contributed by atoms with Crippen LogP contribution in [0.15, 0.2) is 12.4 Å². The second-order valence-electron chi connectivity index (χ2n) is 2.92. The molecule has 0 spiro atoms. The highest BCUT2D eigenvalue weighted by Gasteiger charge is 2.15. The molecule has 0 aliphatic carbocycles. The second kappa shape index (κ2) is 4.04. The van der Waals surface area contributed by atoms with Gasteiger partial charge in [-0.2, -0.15) is 0 Å². The number of hydrogen-bond donors (Lipinski definition) is 3. The molecule has 0 amide bonds. The Morgan fingerprint density at radius 3 is 2.85 bits per heavy atom. The van der Waals surface area contributed by atoms with Gasteiger partial charge in [0.15, 0.2) is 0 Å². The first-order chi connectivity index (χ1) is 6.11. The summed E-state index contributed by atoms with van der Waals surface area (Å²) in [6.45, 7) is 3.46. The largest absolute Gasteiger partial charge is 0.480 e.